The van der Waals surface area contributed by atoms with Crippen LogP contribution in [0.5, 0.6) is 11.5 Å². The maximum atomic E-state index is 12.5. The topological polar surface area (TPSA) is 79.5 Å². The Balaban J connectivity index is 1.36. The van der Waals surface area contributed by atoms with Crippen molar-refractivity contribution in [3.8, 4) is 22.8 Å². The van der Waals surface area contributed by atoms with E-state index in [1.165, 1.54) is 12.1 Å². The van der Waals surface area contributed by atoms with E-state index in [4.69, 9.17) is 4.74 Å². The maximum absolute atomic E-state index is 12.5. The molecule has 32 heavy (non-hydrogen) atoms. The molecular formula is C22H21F3N4O3. The van der Waals surface area contributed by atoms with E-state index >= 15 is 0 Å². The fourth-order valence-electron chi connectivity index (χ4n) is 3.58. The van der Waals surface area contributed by atoms with Crippen LogP contribution in [0.25, 0.3) is 11.3 Å². The maximum Gasteiger partial charge on any atom is 0.573 e. The molecule has 0 saturated carbocycles. The Morgan fingerprint density at radius 3 is 2.66 bits per heavy atom. The summed E-state index contributed by atoms with van der Waals surface area (Å²) in [5, 5.41) is 10.3. The number of amides is 1. The molecule has 1 aromatic heterocycles. The van der Waals surface area contributed by atoms with Gasteiger partial charge in [-0.25, -0.2) is 0 Å². The second-order valence-corrected chi connectivity index (χ2v) is 7.35. The number of carbonyl (C=O) groups is 1. The minimum atomic E-state index is -4.81. The third-order valence-corrected chi connectivity index (χ3v) is 5.14. The predicted molar refractivity (Wildman–Crippen MR) is 112 cm³/mol. The Morgan fingerprint density at radius 1 is 1.16 bits per heavy atom. The monoisotopic (exact) mass is 446 g/mol. The van der Waals surface area contributed by atoms with E-state index in [0.29, 0.717) is 19.5 Å². The van der Waals surface area contributed by atoms with Gasteiger partial charge in [-0.3, -0.25) is 9.89 Å². The average molecular weight is 446 g/mol. The molecule has 0 radical (unpaired) electrons. The summed E-state index contributed by atoms with van der Waals surface area (Å²) in [5.74, 6) is 0.640. The lowest BCUT2D eigenvalue weighted by molar-refractivity contribution is -0.274. The van der Waals surface area contributed by atoms with Crippen LogP contribution in [0.4, 0.5) is 19.0 Å². The second kappa shape index (κ2) is 8.81. The van der Waals surface area contributed by atoms with Gasteiger partial charge in [0.25, 0.3) is 5.91 Å². The molecule has 4 rings (SSSR count). The van der Waals surface area contributed by atoms with Crippen molar-refractivity contribution in [1.82, 2.24) is 15.5 Å². The summed E-state index contributed by atoms with van der Waals surface area (Å²) in [5.41, 5.74) is 1.93. The molecule has 1 amide bonds. The number of aromatic nitrogens is 2. The number of halogens is 3. The number of methoxy groups -OCH3 is 1. The van der Waals surface area contributed by atoms with Gasteiger partial charge in [0, 0.05) is 30.8 Å². The molecular weight excluding hydrogens is 425 g/mol. The lowest BCUT2D eigenvalue weighted by Gasteiger charge is -2.16. The van der Waals surface area contributed by atoms with Crippen molar-refractivity contribution in [1.29, 1.82) is 0 Å². The molecule has 0 bridgehead atoms. The first-order valence-corrected chi connectivity index (χ1v) is 9.92. The molecule has 1 aliphatic rings. The van der Waals surface area contributed by atoms with E-state index in [9.17, 15) is 18.0 Å². The third-order valence-electron chi connectivity index (χ3n) is 5.14. The van der Waals surface area contributed by atoms with E-state index in [0.717, 1.165) is 35.0 Å². The molecule has 2 N–H and O–H groups in total. The lowest BCUT2D eigenvalue weighted by Crippen LogP contribution is -2.37. The summed E-state index contributed by atoms with van der Waals surface area (Å²) >= 11 is 0. The normalized spacial score (nSPS) is 16.1. The minimum Gasteiger partial charge on any atom is -0.497 e. The quantitative estimate of drug-likeness (QED) is 0.599. The number of ether oxygens (including phenoxy) is 2. The van der Waals surface area contributed by atoms with Crippen molar-refractivity contribution in [2.75, 3.05) is 25.1 Å². The number of carbonyl (C=O) groups excluding carboxylic acids is 1. The van der Waals surface area contributed by atoms with Crippen molar-refractivity contribution in [2.24, 2.45) is 0 Å². The number of hydrogen-bond acceptors (Lipinski definition) is 5. The number of benzene rings is 2. The molecule has 10 heteroatoms. The highest BCUT2D eigenvalue weighted by molar-refractivity contribution is 5.94. The van der Waals surface area contributed by atoms with Gasteiger partial charge in [-0.15, -0.1) is 13.2 Å². The SMILES string of the molecule is COc1ccc(-c2cc(N3CCC(NC(=O)c4cccc(OC(F)(F)F)c4)C3)n[nH]2)cc1. The number of H-pyrrole nitrogens is 1. The fourth-order valence-corrected chi connectivity index (χ4v) is 3.58. The van der Waals surface area contributed by atoms with Gasteiger partial charge >= 0.3 is 6.36 Å². The van der Waals surface area contributed by atoms with Crippen LogP contribution in [-0.4, -0.2) is 48.7 Å². The van der Waals surface area contributed by atoms with Crippen LogP contribution in [0.1, 0.15) is 16.8 Å². The Morgan fingerprint density at radius 2 is 1.94 bits per heavy atom. The minimum absolute atomic E-state index is 0.103. The summed E-state index contributed by atoms with van der Waals surface area (Å²) in [6.07, 6.45) is -4.12. The van der Waals surface area contributed by atoms with Crippen LogP contribution < -0.4 is 19.7 Å². The highest BCUT2D eigenvalue weighted by atomic mass is 19.4. The smallest absolute Gasteiger partial charge is 0.497 e. The molecule has 1 unspecified atom stereocenters. The second-order valence-electron chi connectivity index (χ2n) is 7.35. The van der Waals surface area contributed by atoms with Crippen molar-refractivity contribution in [3.05, 3.63) is 60.2 Å². The molecule has 1 atom stereocenters. The molecule has 2 aromatic carbocycles. The van der Waals surface area contributed by atoms with Gasteiger partial charge in [0.1, 0.15) is 11.5 Å². The van der Waals surface area contributed by atoms with Gasteiger partial charge in [-0.05, 0) is 54.4 Å². The number of anilines is 1. The highest BCUT2D eigenvalue weighted by Gasteiger charge is 2.31. The van der Waals surface area contributed by atoms with E-state index in [1.807, 2.05) is 35.2 Å². The first kappa shape index (κ1) is 21.5. The van der Waals surface area contributed by atoms with Crippen LogP contribution in [0, 0.1) is 0 Å². The lowest BCUT2D eigenvalue weighted by atomic mass is 10.1. The van der Waals surface area contributed by atoms with Crippen LogP contribution in [0.15, 0.2) is 54.6 Å². The van der Waals surface area contributed by atoms with Gasteiger partial charge in [0.15, 0.2) is 5.82 Å². The molecule has 1 fully saturated rings. The molecule has 168 valence electrons. The van der Waals surface area contributed by atoms with Crippen LogP contribution in [0.2, 0.25) is 0 Å². The van der Waals surface area contributed by atoms with Gasteiger partial charge in [-0.1, -0.05) is 6.07 Å². The Bertz CT molecular complexity index is 1080. The Labute approximate surface area is 182 Å². The third kappa shape index (κ3) is 5.13. The summed E-state index contributed by atoms with van der Waals surface area (Å²) in [6.45, 7) is 1.23. The zero-order valence-electron chi connectivity index (χ0n) is 17.1. The number of nitrogens with zero attached hydrogens (tertiary/aromatic N) is 2. The van der Waals surface area contributed by atoms with Gasteiger partial charge in [0.2, 0.25) is 0 Å². The van der Waals surface area contributed by atoms with E-state index in [-0.39, 0.29) is 11.6 Å². The fraction of sp³-hybridized carbons (Fsp3) is 0.273. The zero-order valence-corrected chi connectivity index (χ0v) is 17.1. The van der Waals surface area contributed by atoms with Gasteiger partial charge in [0.05, 0.1) is 12.8 Å². The number of nitrogens with one attached hydrogen (secondary N) is 2. The highest BCUT2D eigenvalue weighted by Crippen LogP contribution is 2.26. The van der Waals surface area contributed by atoms with E-state index in [2.05, 4.69) is 20.3 Å². The van der Waals surface area contributed by atoms with Crippen LogP contribution >= 0.6 is 0 Å². The number of aromatic amines is 1. The first-order chi connectivity index (χ1) is 15.3. The predicted octanol–water partition coefficient (Wildman–Crippen LogP) is 3.99. The van der Waals surface area contributed by atoms with Crippen molar-refractivity contribution < 1.29 is 27.4 Å². The van der Waals surface area contributed by atoms with Gasteiger partial charge in [-0.2, -0.15) is 5.10 Å². The number of rotatable bonds is 6. The molecule has 7 nitrogen and oxygen atoms in total. The van der Waals surface area contributed by atoms with E-state index < -0.39 is 18.0 Å². The molecule has 1 saturated heterocycles. The van der Waals surface area contributed by atoms with Crippen molar-refractivity contribution >= 4 is 11.7 Å². The molecule has 0 aliphatic carbocycles. The zero-order chi connectivity index (χ0) is 22.7. The number of alkyl halides is 3. The standard InChI is InChI=1S/C22H21F3N4O3/c1-31-17-7-5-14(6-8-17)19-12-20(28-27-19)29-10-9-16(13-29)26-21(30)15-3-2-4-18(11-15)32-22(23,24)25/h2-8,11-12,16H,9-10,13H2,1H3,(H,26,30)(H,27,28). The van der Waals surface area contributed by atoms with E-state index in [1.54, 1.807) is 7.11 Å². The molecule has 2 heterocycles. The molecule has 0 spiro atoms. The van der Waals surface area contributed by atoms with Gasteiger partial charge < -0.3 is 19.7 Å². The molecule has 1 aliphatic heterocycles. The summed E-state index contributed by atoms with van der Waals surface area (Å²) in [4.78, 5) is 14.5. The van der Waals surface area contributed by atoms with Crippen LogP contribution in [0.3, 0.4) is 0 Å². The Hall–Kier alpha value is -3.69. The van der Waals surface area contributed by atoms with Crippen LogP contribution in [-0.2, 0) is 0 Å². The largest absolute Gasteiger partial charge is 0.573 e. The summed E-state index contributed by atoms with van der Waals surface area (Å²) < 4.78 is 46.3. The first-order valence-electron chi connectivity index (χ1n) is 9.92. The summed E-state index contributed by atoms with van der Waals surface area (Å²) in [6, 6.07) is 14.4. The van der Waals surface area contributed by atoms with Crippen molar-refractivity contribution in [2.45, 2.75) is 18.8 Å². The average Bonchev–Trinajstić information content (AvgIpc) is 3.42. The summed E-state index contributed by atoms with van der Waals surface area (Å²) in [7, 11) is 1.61. The Kier molecular flexibility index (Phi) is 5.93. The number of hydrogen-bond donors (Lipinski definition) is 2. The molecule has 3 aromatic rings. The van der Waals surface area contributed by atoms with Crippen molar-refractivity contribution in [3.63, 3.8) is 0 Å².